The van der Waals surface area contributed by atoms with E-state index in [1.165, 1.54) is 0 Å². The highest BCUT2D eigenvalue weighted by Gasteiger charge is 2.31. The normalized spacial score (nSPS) is 21.5. The highest BCUT2D eigenvalue weighted by molar-refractivity contribution is 6.04. The Kier molecular flexibility index (Phi) is 4.72. The van der Waals surface area contributed by atoms with E-state index in [1.54, 1.807) is 0 Å². The van der Waals surface area contributed by atoms with Crippen LogP contribution < -0.4 is 4.90 Å². The molecule has 0 radical (unpaired) electrons. The second kappa shape index (κ2) is 7.14. The predicted molar refractivity (Wildman–Crippen MR) is 92.8 cm³/mol. The minimum atomic E-state index is 0.0245. The molecular formula is C19H24N2O4. The summed E-state index contributed by atoms with van der Waals surface area (Å²) < 4.78 is 10.7. The zero-order chi connectivity index (χ0) is 17.2. The minimum Gasteiger partial charge on any atom is -0.381 e. The van der Waals surface area contributed by atoms with Gasteiger partial charge in [-0.15, -0.1) is 0 Å². The Balaban J connectivity index is 1.53. The quantitative estimate of drug-likeness (QED) is 0.833. The van der Waals surface area contributed by atoms with Crippen molar-refractivity contribution < 1.29 is 19.1 Å². The molecule has 134 valence electrons. The van der Waals surface area contributed by atoms with Crippen molar-refractivity contribution in [2.45, 2.75) is 19.3 Å². The number of anilines is 1. The topological polar surface area (TPSA) is 59.1 Å². The van der Waals surface area contributed by atoms with Crippen LogP contribution in [0.15, 0.2) is 18.2 Å². The molecule has 0 unspecified atom stereocenters. The molecule has 1 aromatic carbocycles. The zero-order valence-electron chi connectivity index (χ0n) is 14.4. The van der Waals surface area contributed by atoms with Crippen molar-refractivity contribution in [3.63, 3.8) is 0 Å². The van der Waals surface area contributed by atoms with E-state index in [4.69, 9.17) is 9.47 Å². The molecule has 4 rings (SSSR count). The molecule has 25 heavy (non-hydrogen) atoms. The number of fused-ring (bicyclic) bond motifs is 1. The lowest BCUT2D eigenvalue weighted by Crippen LogP contribution is -2.40. The maximum Gasteiger partial charge on any atom is 0.254 e. The molecule has 0 atom stereocenters. The third kappa shape index (κ3) is 3.41. The van der Waals surface area contributed by atoms with Gasteiger partial charge in [-0.05, 0) is 36.5 Å². The Morgan fingerprint density at radius 3 is 2.56 bits per heavy atom. The number of benzene rings is 1. The van der Waals surface area contributed by atoms with Crippen molar-refractivity contribution in [2.75, 3.05) is 51.0 Å². The number of carbonyl (C=O) groups is 2. The third-order valence-corrected chi connectivity index (χ3v) is 5.35. The van der Waals surface area contributed by atoms with E-state index in [0.717, 1.165) is 43.9 Å². The number of rotatable bonds is 3. The van der Waals surface area contributed by atoms with Gasteiger partial charge in [0, 0.05) is 44.1 Å². The smallest absolute Gasteiger partial charge is 0.254 e. The van der Waals surface area contributed by atoms with Crippen LogP contribution in [-0.2, 0) is 20.7 Å². The Morgan fingerprint density at radius 2 is 1.80 bits per heavy atom. The van der Waals surface area contributed by atoms with Gasteiger partial charge in [-0.1, -0.05) is 6.07 Å². The van der Waals surface area contributed by atoms with Gasteiger partial charge in [0.2, 0.25) is 5.91 Å². The fourth-order valence-electron chi connectivity index (χ4n) is 3.83. The standard InChI is InChI=1S/C19H24N2O4/c22-18-12-15-1-2-16(19(23)20-5-9-25-10-6-20)11-17(15)21(18)13-14-3-7-24-8-4-14/h1-2,11,14H,3-10,12-13H2. The number of hydrogen-bond acceptors (Lipinski definition) is 4. The Labute approximate surface area is 147 Å². The zero-order valence-corrected chi connectivity index (χ0v) is 14.4. The van der Waals surface area contributed by atoms with Crippen molar-refractivity contribution in [1.82, 2.24) is 4.90 Å². The molecule has 6 nitrogen and oxygen atoms in total. The van der Waals surface area contributed by atoms with Crippen LogP contribution in [0.2, 0.25) is 0 Å². The Bertz CT molecular complexity index is 663. The number of ether oxygens (including phenoxy) is 2. The summed E-state index contributed by atoms with van der Waals surface area (Å²) in [7, 11) is 0. The summed E-state index contributed by atoms with van der Waals surface area (Å²) in [4.78, 5) is 28.9. The fourth-order valence-corrected chi connectivity index (χ4v) is 3.83. The molecule has 3 aliphatic rings. The first-order chi connectivity index (χ1) is 12.2. The van der Waals surface area contributed by atoms with E-state index >= 15 is 0 Å². The molecule has 0 aliphatic carbocycles. The molecule has 3 aliphatic heterocycles. The van der Waals surface area contributed by atoms with Gasteiger partial charge in [0.05, 0.1) is 19.6 Å². The molecule has 0 N–H and O–H groups in total. The second-order valence-corrected chi connectivity index (χ2v) is 6.98. The summed E-state index contributed by atoms with van der Waals surface area (Å²) in [5.74, 6) is 0.635. The van der Waals surface area contributed by atoms with Gasteiger partial charge in [0.25, 0.3) is 5.91 Å². The van der Waals surface area contributed by atoms with Crippen LogP contribution in [0.5, 0.6) is 0 Å². The molecule has 1 aromatic rings. The molecule has 0 saturated carbocycles. The lowest BCUT2D eigenvalue weighted by molar-refractivity contribution is -0.117. The maximum atomic E-state index is 12.7. The molecule has 2 saturated heterocycles. The number of amides is 2. The highest BCUT2D eigenvalue weighted by atomic mass is 16.5. The number of morpholine rings is 1. The number of hydrogen-bond donors (Lipinski definition) is 0. The van der Waals surface area contributed by atoms with Crippen molar-refractivity contribution in [3.05, 3.63) is 29.3 Å². The average molecular weight is 344 g/mol. The summed E-state index contributed by atoms with van der Waals surface area (Å²) in [5.41, 5.74) is 2.60. The van der Waals surface area contributed by atoms with Crippen molar-refractivity contribution in [1.29, 1.82) is 0 Å². The van der Waals surface area contributed by atoms with Crippen LogP contribution >= 0.6 is 0 Å². The Morgan fingerprint density at radius 1 is 1.08 bits per heavy atom. The minimum absolute atomic E-state index is 0.0245. The molecule has 0 bridgehead atoms. The van der Waals surface area contributed by atoms with Gasteiger partial charge in [-0.2, -0.15) is 0 Å². The van der Waals surface area contributed by atoms with E-state index in [1.807, 2.05) is 28.0 Å². The van der Waals surface area contributed by atoms with Crippen LogP contribution in [0.1, 0.15) is 28.8 Å². The van der Waals surface area contributed by atoms with E-state index in [0.29, 0.717) is 44.2 Å². The first-order valence-corrected chi connectivity index (χ1v) is 9.10. The van der Waals surface area contributed by atoms with E-state index < -0.39 is 0 Å². The van der Waals surface area contributed by atoms with Crippen LogP contribution in [0, 0.1) is 5.92 Å². The molecular weight excluding hydrogens is 320 g/mol. The summed E-state index contributed by atoms with van der Waals surface area (Å²) in [6.45, 7) is 4.70. The molecule has 0 spiro atoms. The predicted octanol–water partition coefficient (Wildman–Crippen LogP) is 1.47. The van der Waals surface area contributed by atoms with Crippen LogP contribution in [0.3, 0.4) is 0 Å². The maximum absolute atomic E-state index is 12.7. The van der Waals surface area contributed by atoms with E-state index in [-0.39, 0.29) is 11.8 Å². The van der Waals surface area contributed by atoms with Gasteiger partial charge < -0.3 is 19.3 Å². The van der Waals surface area contributed by atoms with E-state index in [9.17, 15) is 9.59 Å². The van der Waals surface area contributed by atoms with Gasteiger partial charge in [0.1, 0.15) is 0 Å². The van der Waals surface area contributed by atoms with Crippen LogP contribution in [0.25, 0.3) is 0 Å². The second-order valence-electron chi connectivity index (χ2n) is 6.98. The summed E-state index contributed by atoms with van der Waals surface area (Å²) in [5, 5.41) is 0. The Hall–Kier alpha value is -1.92. The summed E-state index contributed by atoms with van der Waals surface area (Å²) >= 11 is 0. The molecule has 2 amide bonds. The molecule has 3 heterocycles. The van der Waals surface area contributed by atoms with Crippen molar-refractivity contribution in [3.8, 4) is 0 Å². The van der Waals surface area contributed by atoms with Gasteiger partial charge in [0.15, 0.2) is 0 Å². The van der Waals surface area contributed by atoms with Gasteiger partial charge in [-0.3, -0.25) is 9.59 Å². The van der Waals surface area contributed by atoms with E-state index in [2.05, 4.69) is 0 Å². The first kappa shape index (κ1) is 16.5. The monoisotopic (exact) mass is 344 g/mol. The summed E-state index contributed by atoms with van der Waals surface area (Å²) in [6.07, 6.45) is 2.42. The number of nitrogens with zero attached hydrogens (tertiary/aromatic N) is 2. The van der Waals surface area contributed by atoms with Crippen molar-refractivity contribution in [2.24, 2.45) is 5.92 Å². The lowest BCUT2D eigenvalue weighted by Gasteiger charge is -2.28. The van der Waals surface area contributed by atoms with Crippen LogP contribution in [0.4, 0.5) is 5.69 Å². The fraction of sp³-hybridized carbons (Fsp3) is 0.579. The summed E-state index contributed by atoms with van der Waals surface area (Å²) in [6, 6.07) is 5.68. The lowest BCUT2D eigenvalue weighted by atomic mass is 9.99. The third-order valence-electron chi connectivity index (χ3n) is 5.35. The van der Waals surface area contributed by atoms with Crippen molar-refractivity contribution >= 4 is 17.5 Å². The molecule has 2 fully saturated rings. The number of carbonyl (C=O) groups excluding carboxylic acids is 2. The highest BCUT2D eigenvalue weighted by Crippen LogP contribution is 2.32. The van der Waals surface area contributed by atoms with Gasteiger partial charge in [-0.25, -0.2) is 0 Å². The largest absolute Gasteiger partial charge is 0.381 e. The molecule has 6 heteroatoms. The van der Waals surface area contributed by atoms with Gasteiger partial charge >= 0.3 is 0 Å². The molecule has 0 aromatic heterocycles. The average Bonchev–Trinajstić information content (AvgIpc) is 2.97. The van der Waals surface area contributed by atoms with Crippen LogP contribution in [-0.4, -0.2) is 62.8 Å². The SMILES string of the molecule is O=C(c1ccc2c(c1)N(CC1CCOCC1)C(=O)C2)N1CCOCC1. The first-order valence-electron chi connectivity index (χ1n) is 9.10.